The molecule has 0 aromatic heterocycles. The highest BCUT2D eigenvalue weighted by Crippen LogP contribution is 2.60. The second kappa shape index (κ2) is 5.60. The van der Waals surface area contributed by atoms with E-state index in [1.165, 1.54) is 5.56 Å². The Morgan fingerprint density at radius 3 is 2.14 bits per heavy atom. The molecule has 108 valence electrons. The maximum Gasteiger partial charge on any atom is 0.310 e. The van der Waals surface area contributed by atoms with Gasteiger partial charge in [-0.1, -0.05) is 42.5 Å². The van der Waals surface area contributed by atoms with Crippen molar-refractivity contribution >= 4 is 11.7 Å². The fourth-order valence-electron chi connectivity index (χ4n) is 3.07. The first-order chi connectivity index (χ1) is 10.2. The van der Waals surface area contributed by atoms with Crippen LogP contribution in [0.2, 0.25) is 0 Å². The van der Waals surface area contributed by atoms with Gasteiger partial charge < -0.3 is 10.5 Å². The molecule has 0 spiro atoms. The van der Waals surface area contributed by atoms with Crippen LogP contribution < -0.4 is 5.73 Å². The molecule has 3 rings (SSSR count). The SMILES string of the molecule is CCOC(=O)C1C(c2ccccc2)C1c1ccc(N)cc1. The van der Waals surface area contributed by atoms with E-state index in [1.807, 2.05) is 49.4 Å². The molecule has 3 nitrogen and oxygen atoms in total. The van der Waals surface area contributed by atoms with Crippen LogP contribution in [0, 0.1) is 5.92 Å². The van der Waals surface area contributed by atoms with E-state index in [-0.39, 0.29) is 23.7 Å². The third kappa shape index (κ3) is 2.64. The third-order valence-electron chi connectivity index (χ3n) is 4.08. The van der Waals surface area contributed by atoms with Gasteiger partial charge in [-0.15, -0.1) is 0 Å². The van der Waals surface area contributed by atoms with Crippen LogP contribution in [0.15, 0.2) is 54.6 Å². The molecule has 2 aromatic rings. The number of benzene rings is 2. The van der Waals surface area contributed by atoms with Gasteiger partial charge in [0.15, 0.2) is 0 Å². The molecule has 0 heterocycles. The Bertz CT molecular complexity index is 621. The first-order valence-electron chi connectivity index (χ1n) is 7.29. The fourth-order valence-corrected chi connectivity index (χ4v) is 3.07. The molecule has 1 aliphatic carbocycles. The maximum atomic E-state index is 12.2. The highest BCUT2D eigenvalue weighted by atomic mass is 16.5. The average molecular weight is 281 g/mol. The molecule has 1 aliphatic rings. The zero-order valence-electron chi connectivity index (χ0n) is 12.0. The van der Waals surface area contributed by atoms with Gasteiger partial charge in [0, 0.05) is 17.5 Å². The lowest BCUT2D eigenvalue weighted by molar-refractivity contribution is -0.144. The first-order valence-corrected chi connectivity index (χ1v) is 7.29. The minimum atomic E-state index is -0.104. The summed E-state index contributed by atoms with van der Waals surface area (Å²) < 4.78 is 5.23. The van der Waals surface area contributed by atoms with Gasteiger partial charge in [0.2, 0.25) is 0 Å². The summed E-state index contributed by atoms with van der Waals surface area (Å²) in [5.74, 6) is 0.199. The van der Waals surface area contributed by atoms with Crippen LogP contribution in [0.5, 0.6) is 0 Å². The number of rotatable bonds is 4. The van der Waals surface area contributed by atoms with Crippen molar-refractivity contribution in [2.75, 3.05) is 12.3 Å². The van der Waals surface area contributed by atoms with Crippen LogP contribution in [0.25, 0.3) is 0 Å². The zero-order valence-corrected chi connectivity index (χ0v) is 12.0. The van der Waals surface area contributed by atoms with Crippen molar-refractivity contribution in [3.8, 4) is 0 Å². The summed E-state index contributed by atoms with van der Waals surface area (Å²) in [5.41, 5.74) is 8.82. The van der Waals surface area contributed by atoms with Crippen molar-refractivity contribution in [1.82, 2.24) is 0 Å². The molecule has 21 heavy (non-hydrogen) atoms. The van der Waals surface area contributed by atoms with Crippen LogP contribution in [0.4, 0.5) is 5.69 Å². The second-order valence-electron chi connectivity index (χ2n) is 5.41. The molecule has 1 fully saturated rings. The molecule has 3 unspecified atom stereocenters. The standard InChI is InChI=1S/C18H19NO2/c1-2-21-18(20)17-15(12-6-4-3-5-7-12)16(17)13-8-10-14(19)11-9-13/h3-11,15-17H,2,19H2,1H3. The van der Waals surface area contributed by atoms with Crippen LogP contribution >= 0.6 is 0 Å². The third-order valence-corrected chi connectivity index (χ3v) is 4.08. The van der Waals surface area contributed by atoms with Gasteiger partial charge >= 0.3 is 5.97 Å². The Labute approximate surface area is 124 Å². The van der Waals surface area contributed by atoms with Gasteiger partial charge in [-0.05, 0) is 30.2 Å². The lowest BCUT2D eigenvalue weighted by Gasteiger charge is -2.01. The number of carbonyl (C=O) groups excluding carboxylic acids is 1. The topological polar surface area (TPSA) is 52.3 Å². The number of hydrogen-bond acceptors (Lipinski definition) is 3. The molecule has 0 amide bonds. The summed E-state index contributed by atoms with van der Waals surface area (Å²) in [5, 5.41) is 0. The Morgan fingerprint density at radius 1 is 1.00 bits per heavy atom. The van der Waals surface area contributed by atoms with Gasteiger partial charge in [-0.25, -0.2) is 0 Å². The van der Waals surface area contributed by atoms with Crippen LogP contribution in [0.3, 0.4) is 0 Å². The van der Waals surface area contributed by atoms with Gasteiger partial charge in [-0.3, -0.25) is 4.79 Å². The highest BCUT2D eigenvalue weighted by Gasteiger charge is 2.56. The molecular formula is C18H19NO2. The molecule has 1 saturated carbocycles. The molecule has 2 aromatic carbocycles. The van der Waals surface area contributed by atoms with Gasteiger partial charge in [0.05, 0.1) is 12.5 Å². The normalized spacial score (nSPS) is 23.6. The van der Waals surface area contributed by atoms with E-state index in [0.717, 1.165) is 11.3 Å². The average Bonchev–Trinajstić information content (AvgIpc) is 3.25. The quantitative estimate of drug-likeness (QED) is 0.691. The Hall–Kier alpha value is -2.29. The Kier molecular flexibility index (Phi) is 3.65. The molecule has 0 radical (unpaired) electrons. The van der Waals surface area contributed by atoms with Gasteiger partial charge in [0.25, 0.3) is 0 Å². The van der Waals surface area contributed by atoms with Crippen LogP contribution in [0.1, 0.15) is 29.9 Å². The van der Waals surface area contributed by atoms with E-state index < -0.39 is 0 Å². The van der Waals surface area contributed by atoms with Crippen molar-refractivity contribution in [1.29, 1.82) is 0 Å². The lowest BCUT2D eigenvalue weighted by atomic mass is 10.0. The summed E-state index contributed by atoms with van der Waals surface area (Å²) in [7, 11) is 0. The van der Waals surface area contributed by atoms with Crippen LogP contribution in [-0.4, -0.2) is 12.6 Å². The number of carbonyl (C=O) groups is 1. The number of anilines is 1. The van der Waals surface area contributed by atoms with Gasteiger partial charge in [-0.2, -0.15) is 0 Å². The zero-order chi connectivity index (χ0) is 14.8. The minimum Gasteiger partial charge on any atom is -0.466 e. The fraction of sp³-hybridized carbons (Fsp3) is 0.278. The number of nitrogen functional groups attached to an aromatic ring is 1. The Balaban J connectivity index is 1.89. The smallest absolute Gasteiger partial charge is 0.310 e. The first kappa shape index (κ1) is 13.7. The number of hydrogen-bond donors (Lipinski definition) is 1. The summed E-state index contributed by atoms with van der Waals surface area (Å²) in [6.45, 7) is 2.27. The van der Waals surface area contributed by atoms with Crippen molar-refractivity contribution in [3.63, 3.8) is 0 Å². The molecular weight excluding hydrogens is 262 g/mol. The Morgan fingerprint density at radius 2 is 1.57 bits per heavy atom. The molecule has 0 saturated heterocycles. The van der Waals surface area contributed by atoms with Crippen molar-refractivity contribution < 1.29 is 9.53 Å². The summed E-state index contributed by atoms with van der Waals surface area (Å²) in [4.78, 5) is 12.2. The summed E-state index contributed by atoms with van der Waals surface area (Å²) in [6.07, 6.45) is 0. The molecule has 0 bridgehead atoms. The predicted molar refractivity (Wildman–Crippen MR) is 82.9 cm³/mol. The van der Waals surface area contributed by atoms with E-state index in [4.69, 9.17) is 10.5 Å². The van der Waals surface area contributed by atoms with Crippen molar-refractivity contribution in [2.24, 2.45) is 5.92 Å². The van der Waals surface area contributed by atoms with E-state index in [0.29, 0.717) is 6.61 Å². The molecule has 3 atom stereocenters. The minimum absolute atomic E-state index is 0.0871. The van der Waals surface area contributed by atoms with Crippen molar-refractivity contribution in [3.05, 3.63) is 65.7 Å². The van der Waals surface area contributed by atoms with Gasteiger partial charge in [0.1, 0.15) is 0 Å². The maximum absolute atomic E-state index is 12.2. The monoisotopic (exact) mass is 281 g/mol. The van der Waals surface area contributed by atoms with E-state index >= 15 is 0 Å². The molecule has 2 N–H and O–H groups in total. The lowest BCUT2D eigenvalue weighted by Crippen LogP contribution is -2.08. The largest absolute Gasteiger partial charge is 0.466 e. The molecule has 0 aliphatic heterocycles. The van der Waals surface area contributed by atoms with Crippen LogP contribution in [-0.2, 0) is 9.53 Å². The molecule has 3 heteroatoms. The number of esters is 1. The van der Waals surface area contributed by atoms with E-state index in [2.05, 4.69) is 12.1 Å². The van der Waals surface area contributed by atoms with E-state index in [1.54, 1.807) is 0 Å². The van der Waals surface area contributed by atoms with E-state index in [9.17, 15) is 4.79 Å². The highest BCUT2D eigenvalue weighted by molar-refractivity contribution is 5.80. The number of nitrogens with two attached hydrogens (primary N) is 1. The predicted octanol–water partition coefficient (Wildman–Crippen LogP) is 3.33. The number of ether oxygens (including phenoxy) is 1. The summed E-state index contributed by atoms with van der Waals surface area (Å²) >= 11 is 0. The van der Waals surface area contributed by atoms with Crippen molar-refractivity contribution in [2.45, 2.75) is 18.8 Å². The summed E-state index contributed by atoms with van der Waals surface area (Å²) in [6, 6.07) is 18.0. The second-order valence-corrected chi connectivity index (χ2v) is 5.41.